The number of nitrogens with zero attached hydrogens (tertiary/aromatic N) is 2. The minimum atomic E-state index is -0.660. The quantitative estimate of drug-likeness (QED) is 0.629. The van der Waals surface area contributed by atoms with Gasteiger partial charge in [0.15, 0.2) is 5.78 Å². The van der Waals surface area contributed by atoms with E-state index in [1.54, 1.807) is 18.2 Å². The van der Waals surface area contributed by atoms with Crippen LogP contribution in [0.2, 0.25) is 5.02 Å². The Hall–Kier alpha value is -3.19. The Morgan fingerprint density at radius 2 is 1.76 bits per heavy atom. The van der Waals surface area contributed by atoms with Crippen LogP contribution in [0.1, 0.15) is 30.6 Å². The van der Waals surface area contributed by atoms with E-state index in [4.69, 9.17) is 11.6 Å². The Balaban J connectivity index is 2.24. The Labute approximate surface area is 171 Å². The van der Waals surface area contributed by atoms with Crippen molar-refractivity contribution in [1.29, 1.82) is 0 Å². The number of amides is 1. The third-order valence-electron chi connectivity index (χ3n) is 4.51. The second-order valence-corrected chi connectivity index (χ2v) is 7.06. The van der Waals surface area contributed by atoms with Gasteiger partial charge in [-0.3, -0.25) is 19.0 Å². The van der Waals surface area contributed by atoms with Crippen LogP contribution < -0.4 is 16.6 Å². The van der Waals surface area contributed by atoms with E-state index in [1.807, 2.05) is 6.92 Å². The van der Waals surface area contributed by atoms with Crippen LogP contribution >= 0.6 is 11.6 Å². The van der Waals surface area contributed by atoms with Gasteiger partial charge in [-0.05, 0) is 55.8 Å². The minimum Gasteiger partial charge on any atom is -0.355 e. The number of hydrogen-bond donors (Lipinski definition) is 1. The van der Waals surface area contributed by atoms with Gasteiger partial charge in [0.1, 0.15) is 6.54 Å². The van der Waals surface area contributed by atoms with E-state index < -0.39 is 11.2 Å². The van der Waals surface area contributed by atoms with Crippen molar-refractivity contribution in [1.82, 2.24) is 14.5 Å². The first-order valence-corrected chi connectivity index (χ1v) is 9.54. The fourth-order valence-corrected chi connectivity index (χ4v) is 3.20. The van der Waals surface area contributed by atoms with Crippen LogP contribution in [-0.2, 0) is 11.3 Å². The molecule has 0 radical (unpaired) electrons. The third-order valence-corrected chi connectivity index (χ3v) is 4.75. The number of fused-ring (bicyclic) bond motifs is 1. The van der Waals surface area contributed by atoms with E-state index in [9.17, 15) is 19.2 Å². The highest BCUT2D eigenvalue weighted by Crippen LogP contribution is 2.17. The number of aromatic nitrogens is 2. The number of carbonyl (C=O) groups excluding carboxylic acids is 2. The number of carbonyl (C=O) groups is 2. The molecular weight excluding hydrogens is 394 g/mol. The van der Waals surface area contributed by atoms with Gasteiger partial charge in [0.05, 0.1) is 16.6 Å². The summed E-state index contributed by atoms with van der Waals surface area (Å²) < 4.78 is 2.22. The molecule has 3 rings (SSSR count). The minimum absolute atomic E-state index is 0.123. The Kier molecular flexibility index (Phi) is 5.98. The summed E-state index contributed by atoms with van der Waals surface area (Å²) in [5.74, 6) is -0.464. The maximum Gasteiger partial charge on any atom is 0.336 e. The Morgan fingerprint density at radius 1 is 1.07 bits per heavy atom. The molecule has 0 saturated heterocycles. The van der Waals surface area contributed by atoms with Crippen LogP contribution in [-0.4, -0.2) is 27.4 Å². The van der Waals surface area contributed by atoms with Gasteiger partial charge in [-0.2, -0.15) is 0 Å². The summed E-state index contributed by atoms with van der Waals surface area (Å²) in [6.07, 6.45) is 0.759. The summed E-state index contributed by atoms with van der Waals surface area (Å²) in [4.78, 5) is 50.0. The zero-order valence-electron chi connectivity index (χ0n) is 16.1. The van der Waals surface area contributed by atoms with Crippen molar-refractivity contribution in [3.8, 4) is 5.69 Å². The summed E-state index contributed by atoms with van der Waals surface area (Å²) in [5, 5.41) is 3.33. The second kappa shape index (κ2) is 8.45. The van der Waals surface area contributed by atoms with Crippen molar-refractivity contribution in [2.75, 3.05) is 6.54 Å². The molecule has 0 atom stereocenters. The lowest BCUT2D eigenvalue weighted by Gasteiger charge is -2.14. The summed E-state index contributed by atoms with van der Waals surface area (Å²) >= 11 is 6.06. The Bertz CT molecular complexity index is 1210. The van der Waals surface area contributed by atoms with E-state index in [0.29, 0.717) is 22.8 Å². The first-order chi connectivity index (χ1) is 13.8. The highest BCUT2D eigenvalue weighted by atomic mass is 35.5. The van der Waals surface area contributed by atoms with E-state index in [-0.39, 0.29) is 29.1 Å². The average molecular weight is 414 g/mol. The van der Waals surface area contributed by atoms with E-state index in [0.717, 1.165) is 11.0 Å². The summed E-state index contributed by atoms with van der Waals surface area (Å²) in [5.41, 5.74) is -0.122. The van der Waals surface area contributed by atoms with Crippen molar-refractivity contribution in [3.63, 3.8) is 0 Å². The summed E-state index contributed by atoms with van der Waals surface area (Å²) in [6, 6.07) is 10.7. The SMILES string of the molecule is CCCNC(=O)Cn1c(=O)n(-c2ccc(C(C)=O)cc2)c(=O)c2ccc(Cl)cc21. The molecule has 0 aliphatic rings. The molecule has 3 aromatic rings. The van der Waals surface area contributed by atoms with Crippen LogP contribution in [0.25, 0.3) is 16.6 Å². The molecule has 1 N–H and O–H groups in total. The number of hydrogen-bond acceptors (Lipinski definition) is 4. The Morgan fingerprint density at radius 3 is 2.38 bits per heavy atom. The molecule has 1 amide bonds. The van der Waals surface area contributed by atoms with Crippen LogP contribution in [0, 0.1) is 0 Å². The number of ketones is 1. The number of Topliss-reactive ketones (excluding diaryl/α,β-unsaturated/α-hetero) is 1. The number of halogens is 1. The zero-order valence-corrected chi connectivity index (χ0v) is 16.8. The van der Waals surface area contributed by atoms with E-state index in [2.05, 4.69) is 5.32 Å². The highest BCUT2D eigenvalue weighted by Gasteiger charge is 2.17. The van der Waals surface area contributed by atoms with Crippen LogP contribution in [0.4, 0.5) is 0 Å². The zero-order chi connectivity index (χ0) is 21.1. The maximum absolute atomic E-state index is 13.2. The van der Waals surface area contributed by atoms with Gasteiger partial charge in [0.2, 0.25) is 5.91 Å². The lowest BCUT2D eigenvalue weighted by atomic mass is 10.1. The molecule has 7 nitrogen and oxygen atoms in total. The molecule has 150 valence electrons. The van der Waals surface area contributed by atoms with Crippen molar-refractivity contribution < 1.29 is 9.59 Å². The van der Waals surface area contributed by atoms with Gasteiger partial charge in [0.25, 0.3) is 5.56 Å². The normalized spacial score (nSPS) is 10.9. The molecule has 2 aromatic carbocycles. The first-order valence-electron chi connectivity index (χ1n) is 9.16. The topological polar surface area (TPSA) is 90.2 Å². The molecule has 0 spiro atoms. The molecule has 0 unspecified atom stereocenters. The van der Waals surface area contributed by atoms with Gasteiger partial charge >= 0.3 is 5.69 Å². The average Bonchev–Trinajstić information content (AvgIpc) is 2.70. The molecule has 1 aromatic heterocycles. The van der Waals surface area contributed by atoms with Crippen molar-refractivity contribution in [3.05, 3.63) is 73.9 Å². The van der Waals surface area contributed by atoms with Gasteiger partial charge < -0.3 is 5.32 Å². The number of benzene rings is 2. The predicted molar refractivity (Wildman–Crippen MR) is 112 cm³/mol. The van der Waals surface area contributed by atoms with Crippen molar-refractivity contribution in [2.24, 2.45) is 0 Å². The standard InChI is InChI=1S/C21H20ClN3O4/c1-3-10-23-19(27)12-24-18-11-15(22)6-9-17(18)20(28)25(21(24)29)16-7-4-14(5-8-16)13(2)26/h4-9,11H,3,10,12H2,1-2H3,(H,23,27). The van der Waals surface area contributed by atoms with Crippen LogP contribution in [0.5, 0.6) is 0 Å². The summed E-state index contributed by atoms with van der Waals surface area (Å²) in [7, 11) is 0. The van der Waals surface area contributed by atoms with E-state index >= 15 is 0 Å². The molecule has 0 bridgehead atoms. The molecule has 29 heavy (non-hydrogen) atoms. The van der Waals surface area contributed by atoms with E-state index in [1.165, 1.54) is 35.8 Å². The van der Waals surface area contributed by atoms with Gasteiger partial charge in [-0.15, -0.1) is 0 Å². The largest absolute Gasteiger partial charge is 0.355 e. The molecule has 0 saturated carbocycles. The van der Waals surface area contributed by atoms with Crippen molar-refractivity contribution in [2.45, 2.75) is 26.8 Å². The maximum atomic E-state index is 13.2. The molecule has 0 fully saturated rings. The predicted octanol–water partition coefficient (Wildman–Crippen LogP) is 2.53. The fourth-order valence-electron chi connectivity index (χ4n) is 3.03. The molecule has 0 aliphatic carbocycles. The van der Waals surface area contributed by atoms with Crippen LogP contribution in [0.3, 0.4) is 0 Å². The third kappa shape index (κ3) is 4.14. The van der Waals surface area contributed by atoms with Crippen LogP contribution in [0.15, 0.2) is 52.1 Å². The molecule has 0 aliphatic heterocycles. The lowest BCUT2D eigenvalue weighted by molar-refractivity contribution is -0.121. The smallest absolute Gasteiger partial charge is 0.336 e. The molecule has 8 heteroatoms. The molecule has 1 heterocycles. The molecular formula is C21H20ClN3O4. The van der Waals surface area contributed by atoms with Gasteiger partial charge in [-0.25, -0.2) is 9.36 Å². The number of rotatable bonds is 6. The monoisotopic (exact) mass is 413 g/mol. The highest BCUT2D eigenvalue weighted by molar-refractivity contribution is 6.31. The number of nitrogens with one attached hydrogen (secondary N) is 1. The lowest BCUT2D eigenvalue weighted by Crippen LogP contribution is -2.42. The van der Waals surface area contributed by atoms with Gasteiger partial charge in [-0.1, -0.05) is 18.5 Å². The fraction of sp³-hybridized carbons (Fsp3) is 0.238. The second-order valence-electron chi connectivity index (χ2n) is 6.62. The van der Waals surface area contributed by atoms with Gasteiger partial charge in [0, 0.05) is 17.1 Å². The van der Waals surface area contributed by atoms with Crippen molar-refractivity contribution >= 4 is 34.2 Å². The summed E-state index contributed by atoms with van der Waals surface area (Å²) in [6.45, 7) is 3.59. The first kappa shape index (κ1) is 20.5.